The van der Waals surface area contributed by atoms with Gasteiger partial charge in [0, 0.05) is 22.3 Å². The topological polar surface area (TPSA) is 78.1 Å². The van der Waals surface area contributed by atoms with E-state index in [4.69, 9.17) is 20.4 Å². The molecule has 0 saturated heterocycles. The number of primary amides is 1. The van der Waals surface area contributed by atoms with E-state index in [1.165, 1.54) is 0 Å². The van der Waals surface area contributed by atoms with Crippen LogP contribution in [-0.2, 0) is 0 Å². The maximum atomic E-state index is 11.4. The van der Waals surface area contributed by atoms with Gasteiger partial charge in [-0.05, 0) is 42.5 Å². The standard InChI is InChI=1S/C24H19N3O2/c1-29-20-13-11-19(12-14-20)24-26-21(16-5-3-2-4-6-16)15-22(27-24)17-7-9-18(10-8-17)23(25)28/h2-15H,1H3,(H2,25,28). The highest BCUT2D eigenvalue weighted by molar-refractivity contribution is 5.93. The first kappa shape index (κ1) is 18.4. The zero-order chi connectivity index (χ0) is 20.2. The number of amides is 1. The number of carbonyl (C=O) groups excluding carboxylic acids is 1. The highest BCUT2D eigenvalue weighted by Crippen LogP contribution is 2.28. The molecule has 0 aliphatic rings. The minimum atomic E-state index is -0.455. The van der Waals surface area contributed by atoms with E-state index in [0.29, 0.717) is 11.4 Å². The summed E-state index contributed by atoms with van der Waals surface area (Å²) >= 11 is 0. The van der Waals surface area contributed by atoms with E-state index in [1.54, 1.807) is 19.2 Å². The highest BCUT2D eigenvalue weighted by Gasteiger charge is 2.11. The van der Waals surface area contributed by atoms with Crippen LogP contribution < -0.4 is 10.5 Å². The predicted octanol–water partition coefficient (Wildman–Crippen LogP) is 4.59. The van der Waals surface area contributed by atoms with Crippen LogP contribution >= 0.6 is 0 Å². The molecule has 0 saturated carbocycles. The molecule has 1 aromatic heterocycles. The third-order valence-electron chi connectivity index (χ3n) is 4.61. The molecule has 5 heteroatoms. The SMILES string of the molecule is COc1ccc(-c2nc(-c3ccccc3)cc(-c3ccc(C(N)=O)cc3)n2)cc1. The Hall–Kier alpha value is -3.99. The molecule has 3 aromatic carbocycles. The number of benzene rings is 3. The molecule has 0 unspecified atom stereocenters. The van der Waals surface area contributed by atoms with Crippen molar-refractivity contribution in [2.24, 2.45) is 5.73 Å². The normalized spacial score (nSPS) is 10.5. The first-order valence-electron chi connectivity index (χ1n) is 9.13. The van der Waals surface area contributed by atoms with E-state index in [9.17, 15) is 4.79 Å². The van der Waals surface area contributed by atoms with Crippen molar-refractivity contribution >= 4 is 5.91 Å². The number of rotatable bonds is 5. The molecule has 0 radical (unpaired) electrons. The number of ether oxygens (including phenoxy) is 1. The molecular formula is C24H19N3O2. The Morgan fingerprint density at radius 1 is 0.759 bits per heavy atom. The van der Waals surface area contributed by atoms with Gasteiger partial charge in [-0.1, -0.05) is 42.5 Å². The molecule has 0 spiro atoms. The molecule has 0 atom stereocenters. The van der Waals surface area contributed by atoms with E-state index in [2.05, 4.69) is 0 Å². The predicted molar refractivity (Wildman–Crippen MR) is 113 cm³/mol. The lowest BCUT2D eigenvalue weighted by atomic mass is 10.0. The van der Waals surface area contributed by atoms with Crippen molar-refractivity contribution in [3.05, 3.63) is 90.5 Å². The van der Waals surface area contributed by atoms with Crippen LogP contribution in [0.4, 0.5) is 0 Å². The molecule has 0 bridgehead atoms. The fourth-order valence-electron chi connectivity index (χ4n) is 3.03. The van der Waals surface area contributed by atoms with Gasteiger partial charge in [-0.3, -0.25) is 4.79 Å². The minimum Gasteiger partial charge on any atom is -0.497 e. The van der Waals surface area contributed by atoms with Crippen LogP contribution in [0.5, 0.6) is 5.75 Å². The Morgan fingerprint density at radius 2 is 1.31 bits per heavy atom. The van der Waals surface area contributed by atoms with Crippen molar-refractivity contribution in [1.29, 1.82) is 0 Å². The molecule has 4 rings (SSSR count). The summed E-state index contributed by atoms with van der Waals surface area (Å²) in [5.41, 5.74) is 10.2. The average molecular weight is 381 g/mol. The summed E-state index contributed by atoms with van der Waals surface area (Å²) < 4.78 is 5.24. The van der Waals surface area contributed by atoms with E-state index in [-0.39, 0.29) is 0 Å². The van der Waals surface area contributed by atoms with E-state index in [0.717, 1.165) is 33.8 Å². The second-order valence-electron chi connectivity index (χ2n) is 6.50. The molecule has 2 N–H and O–H groups in total. The average Bonchev–Trinajstić information content (AvgIpc) is 2.79. The van der Waals surface area contributed by atoms with Crippen molar-refractivity contribution in [3.63, 3.8) is 0 Å². The summed E-state index contributed by atoms with van der Waals surface area (Å²) in [5.74, 6) is 0.932. The molecular weight excluding hydrogens is 362 g/mol. The van der Waals surface area contributed by atoms with Crippen LogP contribution in [0.15, 0.2) is 84.9 Å². The first-order valence-corrected chi connectivity index (χ1v) is 9.13. The van der Waals surface area contributed by atoms with Crippen LogP contribution in [0, 0.1) is 0 Å². The fraction of sp³-hybridized carbons (Fsp3) is 0.0417. The Kier molecular flexibility index (Phi) is 5.03. The maximum absolute atomic E-state index is 11.4. The Labute approximate surface area is 168 Å². The van der Waals surface area contributed by atoms with Gasteiger partial charge in [-0.15, -0.1) is 0 Å². The van der Waals surface area contributed by atoms with Crippen LogP contribution in [0.25, 0.3) is 33.9 Å². The van der Waals surface area contributed by atoms with Gasteiger partial charge in [0.05, 0.1) is 18.5 Å². The third-order valence-corrected chi connectivity index (χ3v) is 4.61. The number of hydrogen-bond acceptors (Lipinski definition) is 4. The van der Waals surface area contributed by atoms with Gasteiger partial charge in [-0.25, -0.2) is 9.97 Å². The largest absolute Gasteiger partial charge is 0.497 e. The third kappa shape index (κ3) is 3.99. The van der Waals surface area contributed by atoms with Crippen LogP contribution in [-0.4, -0.2) is 23.0 Å². The zero-order valence-electron chi connectivity index (χ0n) is 15.9. The van der Waals surface area contributed by atoms with Crippen molar-refractivity contribution in [2.45, 2.75) is 0 Å². The molecule has 1 amide bonds. The number of methoxy groups -OCH3 is 1. The summed E-state index contributed by atoms with van der Waals surface area (Å²) in [7, 11) is 1.63. The van der Waals surface area contributed by atoms with E-state index in [1.807, 2.05) is 72.8 Å². The molecule has 5 nitrogen and oxygen atoms in total. The molecule has 142 valence electrons. The van der Waals surface area contributed by atoms with Crippen LogP contribution in [0.1, 0.15) is 10.4 Å². The number of aromatic nitrogens is 2. The lowest BCUT2D eigenvalue weighted by molar-refractivity contribution is 0.100. The van der Waals surface area contributed by atoms with Crippen molar-refractivity contribution in [1.82, 2.24) is 9.97 Å². The lowest BCUT2D eigenvalue weighted by Gasteiger charge is -2.10. The molecule has 0 aliphatic heterocycles. The van der Waals surface area contributed by atoms with Crippen molar-refractivity contribution < 1.29 is 9.53 Å². The Morgan fingerprint density at radius 3 is 1.86 bits per heavy atom. The smallest absolute Gasteiger partial charge is 0.248 e. The lowest BCUT2D eigenvalue weighted by Crippen LogP contribution is -2.10. The van der Waals surface area contributed by atoms with Gasteiger partial charge in [-0.2, -0.15) is 0 Å². The summed E-state index contributed by atoms with van der Waals surface area (Å²) in [6.45, 7) is 0. The molecule has 4 aromatic rings. The molecule has 0 aliphatic carbocycles. The second-order valence-corrected chi connectivity index (χ2v) is 6.50. The Balaban J connectivity index is 1.84. The quantitative estimate of drug-likeness (QED) is 0.549. The van der Waals surface area contributed by atoms with E-state index < -0.39 is 5.91 Å². The minimum absolute atomic E-state index is 0.455. The van der Waals surface area contributed by atoms with Gasteiger partial charge in [0.25, 0.3) is 0 Å². The van der Waals surface area contributed by atoms with Gasteiger partial charge >= 0.3 is 0 Å². The summed E-state index contributed by atoms with van der Waals surface area (Å²) in [6.07, 6.45) is 0. The van der Waals surface area contributed by atoms with Gasteiger partial charge < -0.3 is 10.5 Å². The molecule has 1 heterocycles. The Bertz CT molecular complexity index is 1140. The van der Waals surface area contributed by atoms with Crippen LogP contribution in [0.3, 0.4) is 0 Å². The van der Waals surface area contributed by atoms with Crippen LogP contribution in [0.2, 0.25) is 0 Å². The fourth-order valence-corrected chi connectivity index (χ4v) is 3.03. The number of nitrogens with two attached hydrogens (primary N) is 1. The summed E-state index contributed by atoms with van der Waals surface area (Å²) in [6, 6.07) is 26.6. The first-order chi connectivity index (χ1) is 14.1. The van der Waals surface area contributed by atoms with Gasteiger partial charge in [0.1, 0.15) is 5.75 Å². The van der Waals surface area contributed by atoms with Crippen molar-refractivity contribution in [3.8, 4) is 39.7 Å². The maximum Gasteiger partial charge on any atom is 0.248 e. The molecule has 29 heavy (non-hydrogen) atoms. The summed E-state index contributed by atoms with van der Waals surface area (Å²) in [5, 5.41) is 0. The van der Waals surface area contributed by atoms with E-state index >= 15 is 0 Å². The van der Waals surface area contributed by atoms with Crippen molar-refractivity contribution in [2.75, 3.05) is 7.11 Å². The van der Waals surface area contributed by atoms with Gasteiger partial charge in [0.2, 0.25) is 5.91 Å². The highest BCUT2D eigenvalue weighted by atomic mass is 16.5. The molecule has 0 fully saturated rings. The monoisotopic (exact) mass is 381 g/mol. The zero-order valence-corrected chi connectivity index (χ0v) is 15.9. The second kappa shape index (κ2) is 7.94. The van der Waals surface area contributed by atoms with Gasteiger partial charge in [0.15, 0.2) is 5.82 Å². The number of hydrogen-bond donors (Lipinski definition) is 1. The number of nitrogens with zero attached hydrogens (tertiary/aromatic N) is 2. The summed E-state index contributed by atoms with van der Waals surface area (Å²) in [4.78, 5) is 20.9. The number of carbonyl (C=O) groups is 1.